The van der Waals surface area contributed by atoms with Gasteiger partial charge in [0.15, 0.2) is 6.10 Å². The average molecular weight is 344 g/mol. The molecule has 0 spiro atoms. The zero-order chi connectivity index (χ0) is 15.3. The van der Waals surface area contributed by atoms with Crippen molar-refractivity contribution < 1.29 is 19.4 Å². The van der Waals surface area contributed by atoms with Crippen LogP contribution >= 0.6 is 15.9 Å². The van der Waals surface area contributed by atoms with Gasteiger partial charge in [-0.25, -0.2) is 0 Å². The third kappa shape index (κ3) is 5.21. The van der Waals surface area contributed by atoms with Crippen LogP contribution in [-0.4, -0.2) is 29.1 Å². The number of hydrogen-bond acceptors (Lipinski definition) is 3. The topological polar surface area (TPSA) is 75.6 Å². The van der Waals surface area contributed by atoms with Crippen molar-refractivity contribution in [3.63, 3.8) is 0 Å². The quantitative estimate of drug-likeness (QED) is 0.831. The van der Waals surface area contributed by atoms with Crippen LogP contribution in [0.1, 0.15) is 25.8 Å². The summed E-state index contributed by atoms with van der Waals surface area (Å²) in [6.45, 7) is 5.22. The molecule has 110 valence electrons. The SMILES string of the molecule is Cc1ccc(OC(C)C(=O)NC(C)CC(=O)O)c(Br)c1. The molecule has 6 heteroatoms. The van der Waals surface area contributed by atoms with E-state index < -0.39 is 18.1 Å². The molecule has 0 bridgehead atoms. The monoisotopic (exact) mass is 343 g/mol. The fourth-order valence-electron chi connectivity index (χ4n) is 1.62. The molecule has 0 radical (unpaired) electrons. The number of rotatable bonds is 6. The predicted molar refractivity (Wildman–Crippen MR) is 78.8 cm³/mol. The summed E-state index contributed by atoms with van der Waals surface area (Å²) in [7, 11) is 0. The van der Waals surface area contributed by atoms with Gasteiger partial charge in [0, 0.05) is 6.04 Å². The number of hydrogen-bond donors (Lipinski definition) is 2. The molecule has 0 aromatic heterocycles. The van der Waals surface area contributed by atoms with E-state index >= 15 is 0 Å². The Kier molecular flexibility index (Phi) is 6.01. The molecule has 1 rings (SSSR count). The Morgan fingerprint density at radius 3 is 2.60 bits per heavy atom. The number of benzene rings is 1. The Bertz CT molecular complexity index is 504. The van der Waals surface area contributed by atoms with E-state index in [1.54, 1.807) is 19.9 Å². The van der Waals surface area contributed by atoms with E-state index in [4.69, 9.17) is 9.84 Å². The van der Waals surface area contributed by atoms with E-state index in [2.05, 4.69) is 21.2 Å². The Morgan fingerprint density at radius 2 is 2.05 bits per heavy atom. The molecule has 2 atom stereocenters. The Labute approximate surface area is 126 Å². The number of ether oxygens (including phenoxy) is 1. The molecule has 0 heterocycles. The van der Waals surface area contributed by atoms with Gasteiger partial charge in [-0.15, -0.1) is 0 Å². The lowest BCUT2D eigenvalue weighted by molar-refractivity contribution is -0.137. The lowest BCUT2D eigenvalue weighted by atomic mass is 10.2. The molecule has 0 aliphatic heterocycles. The minimum absolute atomic E-state index is 0.118. The van der Waals surface area contributed by atoms with Gasteiger partial charge in [-0.1, -0.05) is 6.07 Å². The normalized spacial score (nSPS) is 13.4. The second-order valence-corrected chi connectivity index (χ2v) is 5.56. The van der Waals surface area contributed by atoms with Gasteiger partial charge in [0.1, 0.15) is 5.75 Å². The fraction of sp³-hybridized carbons (Fsp3) is 0.429. The second kappa shape index (κ2) is 7.28. The molecule has 1 aromatic rings. The van der Waals surface area contributed by atoms with Crippen molar-refractivity contribution in [3.8, 4) is 5.75 Å². The Balaban J connectivity index is 2.59. The van der Waals surface area contributed by atoms with Gasteiger partial charge >= 0.3 is 5.97 Å². The first-order chi connectivity index (χ1) is 9.29. The van der Waals surface area contributed by atoms with Crippen molar-refractivity contribution in [1.29, 1.82) is 0 Å². The lowest BCUT2D eigenvalue weighted by Crippen LogP contribution is -2.42. The maximum Gasteiger partial charge on any atom is 0.305 e. The van der Waals surface area contributed by atoms with E-state index in [1.807, 2.05) is 19.1 Å². The number of carboxylic acids is 1. The molecule has 0 aliphatic carbocycles. The molecule has 5 nitrogen and oxygen atoms in total. The number of carbonyl (C=O) groups is 2. The van der Waals surface area contributed by atoms with Crippen molar-refractivity contribution in [3.05, 3.63) is 28.2 Å². The maximum absolute atomic E-state index is 11.9. The molecular formula is C14H18BrNO4. The Hall–Kier alpha value is -1.56. The maximum atomic E-state index is 11.9. The van der Waals surface area contributed by atoms with E-state index in [9.17, 15) is 9.59 Å². The van der Waals surface area contributed by atoms with Crippen LogP contribution in [0.2, 0.25) is 0 Å². The van der Waals surface area contributed by atoms with Gasteiger partial charge in [0.05, 0.1) is 10.9 Å². The molecule has 2 unspecified atom stereocenters. The van der Waals surface area contributed by atoms with Crippen LogP contribution in [-0.2, 0) is 9.59 Å². The van der Waals surface area contributed by atoms with Crippen LogP contribution < -0.4 is 10.1 Å². The van der Waals surface area contributed by atoms with Gasteiger partial charge in [-0.05, 0) is 54.4 Å². The summed E-state index contributed by atoms with van der Waals surface area (Å²) in [5, 5.41) is 11.2. The molecule has 0 saturated carbocycles. The van der Waals surface area contributed by atoms with Crippen LogP contribution in [0.3, 0.4) is 0 Å². The number of aryl methyl sites for hydroxylation is 1. The first kappa shape index (κ1) is 16.5. The van der Waals surface area contributed by atoms with Gasteiger partial charge in [0.25, 0.3) is 5.91 Å². The Morgan fingerprint density at radius 1 is 1.40 bits per heavy atom. The summed E-state index contributed by atoms with van der Waals surface area (Å²) in [5.74, 6) is -0.719. The van der Waals surface area contributed by atoms with Crippen molar-refractivity contribution in [2.45, 2.75) is 39.3 Å². The predicted octanol–water partition coefficient (Wildman–Crippen LogP) is 2.50. The number of halogens is 1. The van der Waals surface area contributed by atoms with Crippen molar-refractivity contribution >= 4 is 27.8 Å². The van der Waals surface area contributed by atoms with E-state index in [-0.39, 0.29) is 12.3 Å². The highest BCUT2D eigenvalue weighted by Crippen LogP contribution is 2.26. The summed E-state index contributed by atoms with van der Waals surface area (Å²) in [4.78, 5) is 22.4. The van der Waals surface area contributed by atoms with Crippen LogP contribution in [0.25, 0.3) is 0 Å². The smallest absolute Gasteiger partial charge is 0.305 e. The average Bonchev–Trinajstić information content (AvgIpc) is 2.31. The second-order valence-electron chi connectivity index (χ2n) is 4.70. The van der Waals surface area contributed by atoms with Crippen LogP contribution in [0.15, 0.2) is 22.7 Å². The van der Waals surface area contributed by atoms with Crippen LogP contribution in [0, 0.1) is 6.92 Å². The highest BCUT2D eigenvalue weighted by atomic mass is 79.9. The largest absolute Gasteiger partial charge is 0.481 e. The van der Waals surface area contributed by atoms with Crippen molar-refractivity contribution in [1.82, 2.24) is 5.32 Å². The zero-order valence-electron chi connectivity index (χ0n) is 11.6. The van der Waals surface area contributed by atoms with Gasteiger partial charge < -0.3 is 15.2 Å². The first-order valence-corrected chi connectivity index (χ1v) is 7.04. The third-order valence-corrected chi connectivity index (χ3v) is 3.25. The number of carboxylic acid groups (broad SMARTS) is 1. The first-order valence-electron chi connectivity index (χ1n) is 6.24. The van der Waals surface area contributed by atoms with Crippen molar-refractivity contribution in [2.75, 3.05) is 0 Å². The molecule has 0 saturated heterocycles. The van der Waals surface area contributed by atoms with Gasteiger partial charge in [0.2, 0.25) is 0 Å². The zero-order valence-corrected chi connectivity index (χ0v) is 13.2. The number of amides is 1. The fourth-order valence-corrected chi connectivity index (χ4v) is 2.21. The number of aliphatic carboxylic acids is 1. The molecule has 20 heavy (non-hydrogen) atoms. The summed E-state index contributed by atoms with van der Waals surface area (Å²) in [5.41, 5.74) is 1.08. The van der Waals surface area contributed by atoms with Crippen LogP contribution in [0.4, 0.5) is 0 Å². The van der Waals surface area contributed by atoms with Gasteiger partial charge in [-0.2, -0.15) is 0 Å². The van der Waals surface area contributed by atoms with Gasteiger partial charge in [-0.3, -0.25) is 9.59 Å². The van der Waals surface area contributed by atoms with E-state index in [1.165, 1.54) is 0 Å². The minimum atomic E-state index is -0.951. The highest BCUT2D eigenvalue weighted by Gasteiger charge is 2.19. The molecule has 0 aliphatic rings. The van der Waals surface area contributed by atoms with Crippen molar-refractivity contribution in [2.24, 2.45) is 0 Å². The molecular weight excluding hydrogens is 326 g/mol. The van der Waals surface area contributed by atoms with E-state index in [0.29, 0.717) is 5.75 Å². The molecule has 1 aromatic carbocycles. The lowest BCUT2D eigenvalue weighted by Gasteiger charge is -2.18. The summed E-state index contributed by atoms with van der Waals surface area (Å²) in [6, 6.07) is 5.13. The molecule has 1 amide bonds. The standard InChI is InChI=1S/C14H18BrNO4/c1-8-4-5-12(11(15)6-8)20-10(3)14(19)16-9(2)7-13(17)18/h4-6,9-10H,7H2,1-3H3,(H,16,19)(H,17,18). The number of carbonyl (C=O) groups excluding carboxylic acids is 1. The molecule has 2 N–H and O–H groups in total. The summed E-state index contributed by atoms with van der Waals surface area (Å²) in [6.07, 6.45) is -0.822. The number of nitrogens with one attached hydrogen (secondary N) is 1. The molecule has 0 fully saturated rings. The van der Waals surface area contributed by atoms with E-state index in [0.717, 1.165) is 10.0 Å². The third-order valence-electron chi connectivity index (χ3n) is 2.63. The van der Waals surface area contributed by atoms with Crippen LogP contribution in [0.5, 0.6) is 5.75 Å². The highest BCUT2D eigenvalue weighted by molar-refractivity contribution is 9.10. The summed E-state index contributed by atoms with van der Waals surface area (Å²) >= 11 is 3.37. The minimum Gasteiger partial charge on any atom is -0.481 e. The summed E-state index contributed by atoms with van der Waals surface area (Å²) < 4.78 is 6.34.